The summed E-state index contributed by atoms with van der Waals surface area (Å²) in [5.74, 6) is -0.245. The number of amides is 1. The van der Waals surface area contributed by atoms with Crippen molar-refractivity contribution in [1.29, 1.82) is 0 Å². The fourth-order valence-electron chi connectivity index (χ4n) is 8.67. The van der Waals surface area contributed by atoms with Gasteiger partial charge in [-0.2, -0.15) is 0 Å². The second-order valence-corrected chi connectivity index (χ2v) is 19.0. The van der Waals surface area contributed by atoms with Crippen LogP contribution in [0.2, 0.25) is 0 Å². The van der Waals surface area contributed by atoms with Gasteiger partial charge in [0, 0.05) is 6.42 Å². The normalized spacial score (nSPS) is 26.8. The summed E-state index contributed by atoms with van der Waals surface area (Å²) in [5.41, 5.74) is 0. The van der Waals surface area contributed by atoms with E-state index in [2.05, 4.69) is 43.5 Å². The molecule has 0 spiro atoms. The third-order valence-corrected chi connectivity index (χ3v) is 13.1. The Hall–Kier alpha value is -1.79. The van der Waals surface area contributed by atoms with Crippen LogP contribution in [0.5, 0.6) is 0 Å². The summed E-state index contributed by atoms with van der Waals surface area (Å²) in [6.45, 7) is 2.76. The Bertz CT molecular complexity index is 1270. The minimum atomic E-state index is -1.79. The summed E-state index contributed by atoms with van der Waals surface area (Å²) in [7, 11) is 0. The fourth-order valence-corrected chi connectivity index (χ4v) is 8.67. The van der Waals surface area contributed by atoms with Gasteiger partial charge in [-0.1, -0.05) is 179 Å². The molecule has 0 saturated carbocycles. The van der Waals surface area contributed by atoms with Crippen molar-refractivity contribution in [1.82, 2.24) is 5.32 Å². The van der Waals surface area contributed by atoms with Crippen molar-refractivity contribution < 1.29 is 64.6 Å². The maximum Gasteiger partial charge on any atom is 0.220 e. The lowest BCUT2D eigenvalue weighted by atomic mass is 9.97. The monoisotopic (exact) mass is 956 g/mol. The predicted molar refractivity (Wildman–Crippen MR) is 263 cm³/mol. The van der Waals surface area contributed by atoms with E-state index in [1.54, 1.807) is 6.08 Å². The Morgan fingerprint density at radius 1 is 0.537 bits per heavy atom. The van der Waals surface area contributed by atoms with Gasteiger partial charge in [-0.05, 0) is 51.4 Å². The molecule has 0 aromatic carbocycles. The van der Waals surface area contributed by atoms with Crippen LogP contribution in [0.3, 0.4) is 0 Å². The highest BCUT2D eigenvalue weighted by Crippen LogP contribution is 2.30. The molecule has 0 aliphatic carbocycles. The number of unbranched alkanes of at least 4 members (excludes halogenated alkanes) is 24. The first kappa shape index (κ1) is 61.3. The zero-order valence-corrected chi connectivity index (χ0v) is 41.6. The van der Waals surface area contributed by atoms with E-state index >= 15 is 0 Å². The SMILES string of the molecule is CCCCCCC/C=C\C/C=C\CCCCCCCCCCCC(=O)NC(COC1OC(CO)C(OC2OC(CO)C(O)C(O)C2O)C(O)C1O)C(O)/C=C/CCCCCCCCCCCC. The zero-order chi connectivity index (χ0) is 48.9. The summed E-state index contributed by atoms with van der Waals surface area (Å²) in [4.78, 5) is 13.2. The van der Waals surface area contributed by atoms with Gasteiger partial charge in [-0.15, -0.1) is 0 Å². The van der Waals surface area contributed by atoms with Crippen LogP contribution >= 0.6 is 0 Å². The van der Waals surface area contributed by atoms with Crippen LogP contribution in [-0.2, 0) is 23.7 Å². The van der Waals surface area contributed by atoms with Crippen molar-refractivity contribution in [3.05, 3.63) is 36.5 Å². The average Bonchev–Trinajstić information content (AvgIpc) is 3.32. The predicted octanol–water partition coefficient (Wildman–Crippen LogP) is 7.49. The highest BCUT2D eigenvalue weighted by atomic mass is 16.7. The molecule has 2 aliphatic rings. The molecule has 14 nitrogen and oxygen atoms in total. The second-order valence-electron chi connectivity index (χ2n) is 19.0. The van der Waals surface area contributed by atoms with Crippen LogP contribution < -0.4 is 5.32 Å². The van der Waals surface area contributed by atoms with Crippen molar-refractivity contribution in [2.75, 3.05) is 19.8 Å². The minimum absolute atomic E-state index is 0.245. The zero-order valence-electron chi connectivity index (χ0n) is 41.6. The number of carbonyl (C=O) groups excluding carboxylic acids is 1. The molecule has 0 aromatic rings. The van der Waals surface area contributed by atoms with E-state index in [-0.39, 0.29) is 18.9 Å². The molecular weight excluding hydrogens is 859 g/mol. The van der Waals surface area contributed by atoms with Crippen LogP contribution in [0.15, 0.2) is 36.5 Å². The molecule has 67 heavy (non-hydrogen) atoms. The van der Waals surface area contributed by atoms with Gasteiger partial charge in [-0.25, -0.2) is 0 Å². The van der Waals surface area contributed by atoms with E-state index in [0.29, 0.717) is 6.42 Å². The number of hydrogen-bond donors (Lipinski definition) is 9. The van der Waals surface area contributed by atoms with Gasteiger partial charge in [0.1, 0.15) is 48.8 Å². The molecule has 0 aromatic heterocycles. The van der Waals surface area contributed by atoms with Crippen LogP contribution in [0.25, 0.3) is 0 Å². The Labute approximate surface area is 404 Å². The van der Waals surface area contributed by atoms with Crippen LogP contribution in [0, 0.1) is 0 Å². The molecule has 2 heterocycles. The summed E-state index contributed by atoms with van der Waals surface area (Å²) >= 11 is 0. The van der Waals surface area contributed by atoms with Crippen LogP contribution in [0.1, 0.15) is 200 Å². The number of hydrogen-bond acceptors (Lipinski definition) is 13. The number of aliphatic hydroxyl groups is 8. The summed E-state index contributed by atoms with van der Waals surface area (Å²) in [6, 6.07) is -0.915. The van der Waals surface area contributed by atoms with Crippen molar-refractivity contribution in [2.24, 2.45) is 0 Å². The van der Waals surface area contributed by atoms with Gasteiger partial charge in [0.05, 0.1) is 32.0 Å². The fraction of sp³-hybridized carbons (Fsp3) is 0.868. The van der Waals surface area contributed by atoms with E-state index in [4.69, 9.17) is 18.9 Å². The lowest BCUT2D eigenvalue weighted by Crippen LogP contribution is -2.65. The van der Waals surface area contributed by atoms with E-state index in [1.165, 1.54) is 122 Å². The van der Waals surface area contributed by atoms with Crippen molar-refractivity contribution in [3.63, 3.8) is 0 Å². The molecule has 0 radical (unpaired) electrons. The molecule has 14 heteroatoms. The molecule has 392 valence electrons. The molecule has 12 atom stereocenters. The molecular formula is C53H97NO13. The Balaban J connectivity index is 1.80. The summed E-state index contributed by atoms with van der Waals surface area (Å²) in [5, 5.41) is 86.7. The molecule has 2 aliphatic heterocycles. The van der Waals surface area contributed by atoms with E-state index in [0.717, 1.165) is 51.4 Å². The molecule has 12 unspecified atom stereocenters. The highest BCUT2D eigenvalue weighted by molar-refractivity contribution is 5.76. The first-order chi connectivity index (χ1) is 32.6. The van der Waals surface area contributed by atoms with Gasteiger partial charge in [0.15, 0.2) is 12.6 Å². The van der Waals surface area contributed by atoms with Gasteiger partial charge >= 0.3 is 0 Å². The first-order valence-corrected chi connectivity index (χ1v) is 26.7. The lowest BCUT2D eigenvalue weighted by molar-refractivity contribution is -0.359. The first-order valence-electron chi connectivity index (χ1n) is 26.7. The largest absolute Gasteiger partial charge is 0.394 e. The Morgan fingerprint density at radius 3 is 1.49 bits per heavy atom. The number of nitrogens with one attached hydrogen (secondary N) is 1. The summed E-state index contributed by atoms with van der Waals surface area (Å²) < 4.78 is 22.7. The second kappa shape index (κ2) is 39.9. The number of carbonyl (C=O) groups is 1. The topological polar surface area (TPSA) is 228 Å². The quantitative estimate of drug-likeness (QED) is 0.0214. The van der Waals surface area contributed by atoms with E-state index < -0.39 is 86.8 Å². The maximum absolute atomic E-state index is 13.2. The van der Waals surface area contributed by atoms with E-state index in [9.17, 15) is 45.6 Å². The third-order valence-electron chi connectivity index (χ3n) is 13.1. The third kappa shape index (κ3) is 26.8. The maximum atomic E-state index is 13.2. The van der Waals surface area contributed by atoms with Gasteiger partial charge < -0.3 is 65.1 Å². The number of aliphatic hydroxyl groups excluding tert-OH is 8. The van der Waals surface area contributed by atoms with Crippen LogP contribution in [-0.4, -0.2) is 140 Å². The number of allylic oxidation sites excluding steroid dienone is 5. The van der Waals surface area contributed by atoms with Crippen molar-refractivity contribution in [3.8, 4) is 0 Å². The van der Waals surface area contributed by atoms with E-state index in [1.807, 2.05) is 6.08 Å². The smallest absolute Gasteiger partial charge is 0.220 e. The number of rotatable bonds is 41. The standard InChI is InChI=1S/C53H97NO13/c1-3-5-7-9-11-13-15-17-18-19-20-21-22-23-24-25-27-29-31-33-35-37-45(58)54-41(42(57)36-34-32-30-28-26-16-14-12-10-8-6-4-2)40-64-52-50(63)48(61)51(44(39-56)66-52)67-53-49(62)47(60)46(59)43(38-55)65-53/h15,17,19-20,34,36,41-44,46-53,55-57,59-63H,3-14,16,18,21-33,35,37-40H2,1-2H3,(H,54,58)/b17-15-,20-19-,36-34+. The highest BCUT2D eigenvalue weighted by Gasteiger charge is 2.51. The molecule has 2 rings (SSSR count). The molecule has 2 saturated heterocycles. The van der Waals surface area contributed by atoms with Gasteiger partial charge in [0.2, 0.25) is 5.91 Å². The number of ether oxygens (including phenoxy) is 4. The van der Waals surface area contributed by atoms with Crippen molar-refractivity contribution >= 4 is 5.91 Å². The van der Waals surface area contributed by atoms with Gasteiger partial charge in [0.25, 0.3) is 0 Å². The minimum Gasteiger partial charge on any atom is -0.394 e. The molecule has 2 fully saturated rings. The molecule has 9 N–H and O–H groups in total. The Kier molecular flexibility index (Phi) is 36.5. The van der Waals surface area contributed by atoms with Gasteiger partial charge in [-0.3, -0.25) is 4.79 Å². The lowest BCUT2D eigenvalue weighted by Gasteiger charge is -2.46. The Morgan fingerprint density at radius 2 is 0.985 bits per heavy atom. The summed E-state index contributed by atoms with van der Waals surface area (Å²) in [6.07, 6.45) is 28.9. The van der Waals surface area contributed by atoms with Crippen molar-refractivity contribution in [2.45, 2.75) is 274 Å². The van der Waals surface area contributed by atoms with Crippen LogP contribution in [0.4, 0.5) is 0 Å². The molecule has 1 amide bonds. The molecule has 0 bridgehead atoms. The average molecular weight is 956 g/mol.